The van der Waals surface area contributed by atoms with E-state index in [0.717, 1.165) is 75.8 Å². The van der Waals surface area contributed by atoms with Crippen LogP contribution in [0.4, 0.5) is 15.9 Å². The molecule has 2 aliphatic carbocycles. The van der Waals surface area contributed by atoms with Crippen molar-refractivity contribution in [2.75, 3.05) is 37.4 Å². The lowest BCUT2D eigenvalue weighted by atomic mass is 9.91. The summed E-state index contributed by atoms with van der Waals surface area (Å²) in [4.78, 5) is 4.29. The number of benzene rings is 1. The van der Waals surface area contributed by atoms with Gasteiger partial charge in [0.1, 0.15) is 11.6 Å². The third-order valence-electron chi connectivity index (χ3n) is 6.77. The minimum absolute atomic E-state index is 0.333. The number of aromatic nitrogens is 1. The van der Waals surface area contributed by atoms with Crippen LogP contribution in [0.2, 0.25) is 0 Å². The number of pyridine rings is 1. The van der Waals surface area contributed by atoms with E-state index in [4.69, 9.17) is 4.74 Å². The fourth-order valence-corrected chi connectivity index (χ4v) is 4.45. The van der Waals surface area contributed by atoms with Crippen LogP contribution in [-0.4, -0.2) is 54.6 Å². The average Bonchev–Trinajstić information content (AvgIpc) is 3.57. The van der Waals surface area contributed by atoms with Crippen molar-refractivity contribution in [2.45, 2.75) is 69.1 Å². The molecule has 1 heterocycles. The lowest BCUT2D eigenvalue weighted by Crippen LogP contribution is -2.37. The third-order valence-corrected chi connectivity index (χ3v) is 6.77. The number of anilines is 2. The summed E-state index contributed by atoms with van der Waals surface area (Å²) in [6.07, 6.45) is 9.63. The highest BCUT2D eigenvalue weighted by Gasteiger charge is 2.39. The molecule has 0 bridgehead atoms. The van der Waals surface area contributed by atoms with Crippen molar-refractivity contribution < 1.29 is 14.2 Å². The van der Waals surface area contributed by atoms with E-state index >= 15 is 0 Å². The molecule has 0 radical (unpaired) electrons. The van der Waals surface area contributed by atoms with E-state index in [1.54, 1.807) is 7.11 Å². The lowest BCUT2D eigenvalue weighted by Gasteiger charge is -2.30. The molecule has 180 valence electrons. The van der Waals surface area contributed by atoms with E-state index in [1.165, 1.54) is 6.20 Å². The molecule has 2 fully saturated rings. The first kappa shape index (κ1) is 23.9. The van der Waals surface area contributed by atoms with E-state index in [-0.39, 0.29) is 5.82 Å². The van der Waals surface area contributed by atoms with Gasteiger partial charge in [0.25, 0.3) is 0 Å². The van der Waals surface area contributed by atoms with Crippen molar-refractivity contribution in [3.8, 4) is 11.1 Å². The summed E-state index contributed by atoms with van der Waals surface area (Å²) in [7, 11) is 1.75. The number of ether oxygens (including phenoxy) is 1. The van der Waals surface area contributed by atoms with Crippen molar-refractivity contribution >= 4 is 11.5 Å². The summed E-state index contributed by atoms with van der Waals surface area (Å²) in [5.74, 6) is 0.382. The van der Waals surface area contributed by atoms with Gasteiger partial charge >= 0.3 is 0 Å². The van der Waals surface area contributed by atoms with Crippen LogP contribution in [0.5, 0.6) is 0 Å². The second-order valence-corrected chi connectivity index (χ2v) is 9.56. The molecular weight excluding hydrogens is 419 g/mol. The molecule has 2 saturated carbocycles. The Kier molecular flexibility index (Phi) is 8.17. The number of halogens is 1. The van der Waals surface area contributed by atoms with Crippen molar-refractivity contribution in [3.63, 3.8) is 0 Å². The quantitative estimate of drug-likeness (QED) is 0.351. The molecule has 2 aromatic rings. The molecule has 0 unspecified atom stereocenters. The Hall–Kier alpha value is -2.22. The number of unbranched alkanes of at least 4 members (excludes halogenated alkanes) is 1. The molecule has 2 aliphatic rings. The average molecular weight is 457 g/mol. The Morgan fingerprint density at radius 3 is 2.67 bits per heavy atom. The van der Waals surface area contributed by atoms with Crippen LogP contribution in [-0.2, 0) is 4.74 Å². The molecule has 0 spiro atoms. The summed E-state index contributed by atoms with van der Waals surface area (Å²) in [6, 6.07) is 10.4. The van der Waals surface area contributed by atoms with E-state index in [0.29, 0.717) is 30.0 Å². The standard InChI is InChI=1S/C26H37FN4O2/c1-33-14-3-2-13-28-20-7-9-21(10-8-20)31-25-16-23(24(27)17-29-25)19-5-4-6-22(15-19)30-18-26(32)11-12-26/h4-6,15-17,20-21,28,30,32H,2-3,7-14,18H2,1H3,(H,29,31). The zero-order valence-corrected chi connectivity index (χ0v) is 19.6. The molecule has 1 aromatic heterocycles. The van der Waals surface area contributed by atoms with Gasteiger partial charge in [-0.3, -0.25) is 0 Å². The fraction of sp³-hybridized carbons (Fsp3) is 0.577. The molecule has 0 amide bonds. The zero-order valence-electron chi connectivity index (χ0n) is 19.6. The maximum absolute atomic E-state index is 14.6. The minimum atomic E-state index is -0.576. The smallest absolute Gasteiger partial charge is 0.149 e. The Balaban J connectivity index is 1.30. The topological polar surface area (TPSA) is 78.4 Å². The van der Waals surface area contributed by atoms with E-state index in [2.05, 4.69) is 20.9 Å². The molecule has 7 heteroatoms. The van der Waals surface area contributed by atoms with Crippen LogP contribution in [0.1, 0.15) is 51.4 Å². The van der Waals surface area contributed by atoms with Gasteiger partial charge in [-0.05, 0) is 81.7 Å². The normalized spacial score (nSPS) is 21.5. The van der Waals surface area contributed by atoms with Crippen molar-refractivity contribution in [1.29, 1.82) is 0 Å². The summed E-state index contributed by atoms with van der Waals surface area (Å²) in [5, 5.41) is 20.5. The molecule has 1 aromatic carbocycles. The summed E-state index contributed by atoms with van der Waals surface area (Å²) < 4.78 is 19.7. The molecule has 4 rings (SSSR count). The zero-order chi connectivity index (χ0) is 23.1. The Morgan fingerprint density at radius 1 is 1.12 bits per heavy atom. The van der Waals surface area contributed by atoms with Gasteiger partial charge in [0, 0.05) is 43.6 Å². The first-order valence-corrected chi connectivity index (χ1v) is 12.3. The predicted octanol–water partition coefficient (Wildman–Crippen LogP) is 4.56. The molecule has 0 aliphatic heterocycles. The third kappa shape index (κ3) is 7.13. The van der Waals surface area contributed by atoms with Crippen LogP contribution in [0.25, 0.3) is 11.1 Å². The van der Waals surface area contributed by atoms with Gasteiger partial charge in [0.15, 0.2) is 0 Å². The van der Waals surface area contributed by atoms with Gasteiger partial charge in [-0.25, -0.2) is 9.37 Å². The lowest BCUT2D eigenvalue weighted by molar-refractivity contribution is 0.164. The maximum Gasteiger partial charge on any atom is 0.149 e. The molecule has 33 heavy (non-hydrogen) atoms. The number of hydrogen-bond donors (Lipinski definition) is 4. The van der Waals surface area contributed by atoms with Crippen LogP contribution in [0.3, 0.4) is 0 Å². The predicted molar refractivity (Wildman–Crippen MR) is 131 cm³/mol. The van der Waals surface area contributed by atoms with Gasteiger partial charge in [-0.1, -0.05) is 12.1 Å². The second-order valence-electron chi connectivity index (χ2n) is 9.56. The first-order valence-electron chi connectivity index (χ1n) is 12.3. The van der Waals surface area contributed by atoms with Gasteiger partial charge in [-0.15, -0.1) is 0 Å². The van der Waals surface area contributed by atoms with E-state index in [1.807, 2.05) is 30.3 Å². The summed E-state index contributed by atoms with van der Waals surface area (Å²) in [6.45, 7) is 2.39. The second kappa shape index (κ2) is 11.3. The Morgan fingerprint density at radius 2 is 1.91 bits per heavy atom. The first-order chi connectivity index (χ1) is 16.0. The molecule has 4 N–H and O–H groups in total. The number of nitrogens with zero attached hydrogens (tertiary/aromatic N) is 1. The number of methoxy groups -OCH3 is 1. The van der Waals surface area contributed by atoms with Crippen molar-refractivity contribution in [3.05, 3.63) is 42.3 Å². The van der Waals surface area contributed by atoms with Crippen LogP contribution in [0, 0.1) is 5.82 Å². The van der Waals surface area contributed by atoms with Crippen molar-refractivity contribution in [1.82, 2.24) is 10.3 Å². The number of aliphatic hydroxyl groups is 1. The highest BCUT2D eigenvalue weighted by atomic mass is 19.1. The SMILES string of the molecule is COCCCCNC1CCC(Nc2cc(-c3cccc(NCC4(O)CC4)c3)c(F)cn2)CC1. The fourth-order valence-electron chi connectivity index (χ4n) is 4.45. The van der Waals surface area contributed by atoms with Crippen LogP contribution in [0.15, 0.2) is 36.5 Å². The van der Waals surface area contributed by atoms with Gasteiger partial charge in [0.2, 0.25) is 0 Å². The summed E-state index contributed by atoms with van der Waals surface area (Å²) in [5.41, 5.74) is 1.64. The maximum atomic E-state index is 14.6. The monoisotopic (exact) mass is 456 g/mol. The molecule has 0 saturated heterocycles. The van der Waals surface area contributed by atoms with Gasteiger partial charge < -0.3 is 25.8 Å². The number of nitrogens with one attached hydrogen (secondary N) is 3. The largest absolute Gasteiger partial charge is 0.388 e. The van der Waals surface area contributed by atoms with Crippen LogP contribution >= 0.6 is 0 Å². The molecular formula is C26H37FN4O2. The summed E-state index contributed by atoms with van der Waals surface area (Å²) >= 11 is 0. The molecule has 6 nitrogen and oxygen atoms in total. The van der Waals surface area contributed by atoms with Crippen molar-refractivity contribution in [2.24, 2.45) is 0 Å². The van der Waals surface area contributed by atoms with Crippen LogP contribution < -0.4 is 16.0 Å². The highest BCUT2D eigenvalue weighted by molar-refractivity contribution is 5.70. The number of hydrogen-bond acceptors (Lipinski definition) is 6. The molecule has 0 atom stereocenters. The van der Waals surface area contributed by atoms with E-state index < -0.39 is 5.60 Å². The minimum Gasteiger partial charge on any atom is -0.388 e. The Bertz CT molecular complexity index is 898. The number of rotatable bonds is 12. The highest BCUT2D eigenvalue weighted by Crippen LogP contribution is 2.35. The van der Waals surface area contributed by atoms with Gasteiger partial charge in [-0.2, -0.15) is 0 Å². The van der Waals surface area contributed by atoms with E-state index in [9.17, 15) is 9.50 Å². The Labute approximate surface area is 196 Å². The van der Waals surface area contributed by atoms with Gasteiger partial charge in [0.05, 0.1) is 11.8 Å².